The van der Waals surface area contributed by atoms with Crippen molar-refractivity contribution in [1.82, 2.24) is 14.7 Å². The van der Waals surface area contributed by atoms with E-state index in [0.29, 0.717) is 38.3 Å². The molecule has 1 atom stereocenters. The Bertz CT molecular complexity index is 748. The third-order valence-corrected chi connectivity index (χ3v) is 6.27. The second-order valence-electron chi connectivity index (χ2n) is 8.04. The zero-order valence-electron chi connectivity index (χ0n) is 18.4. The molecule has 1 aromatic rings. The number of imide groups is 1. The van der Waals surface area contributed by atoms with E-state index in [9.17, 15) is 9.59 Å². The van der Waals surface area contributed by atoms with Crippen LogP contribution < -0.4 is 4.74 Å². The van der Waals surface area contributed by atoms with Crippen LogP contribution in [0.5, 0.6) is 5.75 Å². The average Bonchev–Trinajstić information content (AvgIpc) is 2.94. The van der Waals surface area contributed by atoms with Gasteiger partial charge in [0.15, 0.2) is 0 Å². The van der Waals surface area contributed by atoms with E-state index in [1.165, 1.54) is 4.90 Å². The molecular weight excluding hydrogens is 386 g/mol. The minimum Gasteiger partial charge on any atom is -0.497 e. The van der Waals surface area contributed by atoms with Gasteiger partial charge in [-0.05, 0) is 37.5 Å². The molecule has 0 saturated carbocycles. The van der Waals surface area contributed by atoms with Gasteiger partial charge in [-0.15, -0.1) is 0 Å². The van der Waals surface area contributed by atoms with Crippen molar-refractivity contribution in [2.45, 2.75) is 37.9 Å². The number of amides is 3. The first-order chi connectivity index (χ1) is 14.5. The molecule has 3 rings (SSSR count). The molecule has 1 spiro atoms. The lowest BCUT2D eigenvalue weighted by Gasteiger charge is -2.43. The van der Waals surface area contributed by atoms with Gasteiger partial charge in [-0.1, -0.05) is 12.1 Å². The highest BCUT2D eigenvalue weighted by Gasteiger charge is 2.57. The van der Waals surface area contributed by atoms with Crippen LogP contribution in [0.1, 0.15) is 25.3 Å². The highest BCUT2D eigenvalue weighted by Crippen LogP contribution is 2.38. The molecule has 2 heterocycles. The molecule has 1 aromatic carbocycles. The van der Waals surface area contributed by atoms with Crippen molar-refractivity contribution in [3.8, 4) is 5.75 Å². The average molecular weight is 420 g/mol. The predicted molar refractivity (Wildman–Crippen MR) is 112 cm³/mol. The second-order valence-corrected chi connectivity index (χ2v) is 8.04. The number of hydrogen-bond acceptors (Lipinski definition) is 6. The lowest BCUT2D eigenvalue weighted by atomic mass is 9.85. The highest BCUT2D eigenvalue weighted by molar-refractivity contribution is 6.07. The Hall–Kier alpha value is -2.16. The van der Waals surface area contributed by atoms with Crippen molar-refractivity contribution in [2.75, 3.05) is 54.2 Å². The Morgan fingerprint density at radius 1 is 1.10 bits per heavy atom. The summed E-state index contributed by atoms with van der Waals surface area (Å²) in [6.45, 7) is 5.32. The van der Waals surface area contributed by atoms with Gasteiger partial charge in [-0.3, -0.25) is 14.6 Å². The minimum atomic E-state index is -0.794. The van der Waals surface area contributed by atoms with Gasteiger partial charge >= 0.3 is 6.03 Å². The number of rotatable bonds is 9. The molecular formula is C22H33N3O5. The van der Waals surface area contributed by atoms with Gasteiger partial charge in [0, 0.05) is 39.9 Å². The summed E-state index contributed by atoms with van der Waals surface area (Å²) in [4.78, 5) is 32.3. The molecule has 0 unspecified atom stereocenters. The van der Waals surface area contributed by atoms with E-state index in [2.05, 4.69) is 11.8 Å². The molecule has 8 heteroatoms. The zero-order chi connectivity index (χ0) is 21.7. The van der Waals surface area contributed by atoms with Crippen LogP contribution in [0.25, 0.3) is 0 Å². The van der Waals surface area contributed by atoms with E-state index in [1.54, 1.807) is 26.2 Å². The van der Waals surface area contributed by atoms with Crippen LogP contribution in [0.3, 0.4) is 0 Å². The summed E-state index contributed by atoms with van der Waals surface area (Å²) in [5, 5.41) is 0. The van der Waals surface area contributed by atoms with Gasteiger partial charge in [-0.25, -0.2) is 4.79 Å². The third kappa shape index (κ3) is 4.31. The van der Waals surface area contributed by atoms with Crippen LogP contribution >= 0.6 is 0 Å². The number of piperidine rings is 1. The molecule has 0 radical (unpaired) electrons. The molecule has 0 aromatic heterocycles. The maximum absolute atomic E-state index is 13.6. The fraction of sp³-hybridized carbons (Fsp3) is 0.636. The van der Waals surface area contributed by atoms with Crippen LogP contribution in [0.15, 0.2) is 24.3 Å². The lowest BCUT2D eigenvalue weighted by Crippen LogP contribution is -2.58. The lowest BCUT2D eigenvalue weighted by molar-refractivity contribution is -0.136. The Balaban J connectivity index is 1.81. The number of nitrogens with zero attached hydrogens (tertiary/aromatic N) is 3. The van der Waals surface area contributed by atoms with Crippen LogP contribution in [-0.2, 0) is 20.8 Å². The molecule has 0 aliphatic carbocycles. The largest absolute Gasteiger partial charge is 0.497 e. The molecule has 8 nitrogen and oxygen atoms in total. The van der Waals surface area contributed by atoms with Gasteiger partial charge in [0.1, 0.15) is 11.3 Å². The Labute approximate surface area is 178 Å². The number of ether oxygens (including phenoxy) is 3. The smallest absolute Gasteiger partial charge is 0.328 e. The molecule has 0 bridgehead atoms. The normalized spacial score (nSPS) is 20.3. The SMILES string of the molecule is COCCN1C(=O)N(Cc2cccc(OC)c2)C(=O)C12CCN([C@H](C)COC)CC2. The quantitative estimate of drug-likeness (QED) is 0.570. The summed E-state index contributed by atoms with van der Waals surface area (Å²) in [5.41, 5.74) is 0.0727. The van der Waals surface area contributed by atoms with Crippen molar-refractivity contribution < 1.29 is 23.8 Å². The number of hydrogen-bond donors (Lipinski definition) is 0. The first kappa shape index (κ1) is 22.5. The van der Waals surface area contributed by atoms with Crippen molar-refractivity contribution in [3.05, 3.63) is 29.8 Å². The van der Waals surface area contributed by atoms with E-state index in [4.69, 9.17) is 14.2 Å². The van der Waals surface area contributed by atoms with Crippen molar-refractivity contribution in [2.24, 2.45) is 0 Å². The number of carbonyl (C=O) groups excluding carboxylic acids is 2. The van der Waals surface area contributed by atoms with Crippen LogP contribution in [-0.4, -0.2) is 92.4 Å². The molecule has 166 valence electrons. The summed E-state index contributed by atoms with van der Waals surface area (Å²) >= 11 is 0. The van der Waals surface area contributed by atoms with Crippen molar-refractivity contribution in [1.29, 1.82) is 0 Å². The first-order valence-electron chi connectivity index (χ1n) is 10.4. The standard InChI is InChI=1S/C22H33N3O5/c1-17(16-29-3)23-10-8-22(9-11-23)20(26)24(21(27)25(22)12-13-28-2)15-18-6-5-7-19(14-18)30-4/h5-7,14,17H,8-13,15-16H2,1-4H3/t17-/m1/s1. The number of likely N-dealkylation sites (tertiary alicyclic amines) is 1. The van der Waals surface area contributed by atoms with E-state index >= 15 is 0 Å². The maximum Gasteiger partial charge on any atom is 0.328 e. The predicted octanol–water partition coefficient (Wildman–Crippen LogP) is 1.98. The Morgan fingerprint density at radius 3 is 2.47 bits per heavy atom. The number of methoxy groups -OCH3 is 3. The van der Waals surface area contributed by atoms with Gasteiger partial charge < -0.3 is 19.1 Å². The van der Waals surface area contributed by atoms with Crippen molar-refractivity contribution in [3.63, 3.8) is 0 Å². The third-order valence-electron chi connectivity index (χ3n) is 6.27. The van der Waals surface area contributed by atoms with Crippen LogP contribution in [0.4, 0.5) is 4.79 Å². The van der Waals surface area contributed by atoms with E-state index in [1.807, 2.05) is 24.3 Å². The molecule has 2 saturated heterocycles. The van der Waals surface area contributed by atoms with Gasteiger partial charge in [0.2, 0.25) is 0 Å². The molecule has 30 heavy (non-hydrogen) atoms. The number of benzene rings is 1. The fourth-order valence-corrected chi connectivity index (χ4v) is 4.53. The summed E-state index contributed by atoms with van der Waals surface area (Å²) in [5.74, 6) is 0.600. The van der Waals surface area contributed by atoms with E-state index in [-0.39, 0.29) is 24.5 Å². The zero-order valence-corrected chi connectivity index (χ0v) is 18.4. The second kappa shape index (κ2) is 9.76. The van der Waals surface area contributed by atoms with E-state index in [0.717, 1.165) is 18.7 Å². The van der Waals surface area contributed by atoms with Crippen molar-refractivity contribution >= 4 is 11.9 Å². The number of urea groups is 1. The Kier molecular flexibility index (Phi) is 7.33. The maximum atomic E-state index is 13.6. The summed E-state index contributed by atoms with van der Waals surface area (Å²) in [7, 11) is 4.91. The fourth-order valence-electron chi connectivity index (χ4n) is 4.53. The summed E-state index contributed by atoms with van der Waals surface area (Å²) in [6, 6.07) is 7.52. The molecule has 0 N–H and O–H groups in total. The molecule has 2 aliphatic heterocycles. The summed E-state index contributed by atoms with van der Waals surface area (Å²) < 4.78 is 15.8. The monoisotopic (exact) mass is 419 g/mol. The summed E-state index contributed by atoms with van der Waals surface area (Å²) in [6.07, 6.45) is 1.23. The van der Waals surface area contributed by atoms with E-state index < -0.39 is 5.54 Å². The number of carbonyl (C=O) groups is 2. The molecule has 3 amide bonds. The highest BCUT2D eigenvalue weighted by atomic mass is 16.5. The molecule has 2 aliphatic rings. The van der Waals surface area contributed by atoms with Crippen LogP contribution in [0.2, 0.25) is 0 Å². The Morgan fingerprint density at radius 2 is 1.83 bits per heavy atom. The topological polar surface area (TPSA) is 71.6 Å². The van der Waals surface area contributed by atoms with Gasteiger partial charge in [0.25, 0.3) is 5.91 Å². The van der Waals surface area contributed by atoms with Crippen LogP contribution in [0, 0.1) is 0 Å². The minimum absolute atomic E-state index is 0.106. The van der Waals surface area contributed by atoms with Gasteiger partial charge in [0.05, 0.1) is 26.9 Å². The van der Waals surface area contributed by atoms with Gasteiger partial charge in [-0.2, -0.15) is 0 Å². The molecule has 2 fully saturated rings. The first-order valence-corrected chi connectivity index (χ1v) is 10.4.